The van der Waals surface area contributed by atoms with Crippen molar-refractivity contribution < 1.29 is 24.2 Å². The first-order valence-corrected chi connectivity index (χ1v) is 9.17. The molecule has 2 atom stereocenters. The van der Waals surface area contributed by atoms with E-state index >= 15 is 0 Å². The van der Waals surface area contributed by atoms with Gasteiger partial charge in [-0.1, -0.05) is 34.1 Å². The first-order valence-electron chi connectivity index (χ1n) is 9.17. The number of fused-ring (bicyclic) bond motifs is 2. The van der Waals surface area contributed by atoms with Gasteiger partial charge in [0.15, 0.2) is 23.6 Å². The van der Waals surface area contributed by atoms with Crippen LogP contribution in [0.15, 0.2) is 6.07 Å². The maximum atomic E-state index is 13.1. The quantitative estimate of drug-likeness (QED) is 0.836. The van der Waals surface area contributed by atoms with Gasteiger partial charge in [-0.25, -0.2) is 0 Å². The number of ether oxygens (including phenoxy) is 1. The van der Waals surface area contributed by atoms with E-state index in [1.165, 1.54) is 0 Å². The highest BCUT2D eigenvalue weighted by Crippen LogP contribution is 2.58. The van der Waals surface area contributed by atoms with E-state index < -0.39 is 11.3 Å². The lowest BCUT2D eigenvalue weighted by Gasteiger charge is -2.51. The highest BCUT2D eigenvalue weighted by atomic mass is 16.5. The van der Waals surface area contributed by atoms with Crippen molar-refractivity contribution in [2.45, 2.75) is 58.3 Å². The number of carbonyl (C=O) groups is 3. The second kappa shape index (κ2) is 6.22. The van der Waals surface area contributed by atoms with E-state index in [0.717, 1.165) is 19.1 Å². The van der Waals surface area contributed by atoms with Crippen molar-refractivity contribution >= 4 is 18.4 Å². The lowest BCUT2D eigenvalue weighted by Crippen LogP contribution is -2.56. The summed E-state index contributed by atoms with van der Waals surface area (Å²) in [6.45, 7) is 7.60. The van der Waals surface area contributed by atoms with Gasteiger partial charge in [0.05, 0.1) is 5.41 Å². The van der Waals surface area contributed by atoms with Gasteiger partial charge < -0.3 is 14.6 Å². The van der Waals surface area contributed by atoms with Gasteiger partial charge in [0.2, 0.25) is 0 Å². The molecule has 1 fully saturated rings. The van der Waals surface area contributed by atoms with Crippen LogP contribution in [-0.2, 0) is 15.0 Å². The highest BCUT2D eigenvalue weighted by molar-refractivity contribution is 6.00. The zero-order chi connectivity index (χ0) is 19.3. The number of aldehydes is 2. The van der Waals surface area contributed by atoms with Crippen molar-refractivity contribution in [3.63, 3.8) is 0 Å². The standard InChI is InChI=1S/C21H26O5/c1-12(2)14-8-13(9-22)17-19(18(14)25)26-11-16(24)21(17)7-5-6-20(3,4)15(21)10-23/h8-10,12,15,25H,5-7,11H2,1-4H3/t15-,21-/m0/s1. The summed E-state index contributed by atoms with van der Waals surface area (Å²) < 4.78 is 5.61. The van der Waals surface area contributed by atoms with Gasteiger partial charge in [0, 0.05) is 22.6 Å². The Labute approximate surface area is 153 Å². The van der Waals surface area contributed by atoms with E-state index in [4.69, 9.17) is 4.74 Å². The number of hydrogen-bond donors (Lipinski definition) is 1. The molecule has 0 bridgehead atoms. The molecule has 1 spiro atoms. The van der Waals surface area contributed by atoms with E-state index in [9.17, 15) is 19.5 Å². The SMILES string of the molecule is CC(C)c1cc(C=O)c2c(c1O)OCC(=O)[C@@]21CCCC(C)(C)[C@@H]1C=O. The summed E-state index contributed by atoms with van der Waals surface area (Å²) >= 11 is 0. The monoisotopic (exact) mass is 358 g/mol. The molecule has 5 heteroatoms. The van der Waals surface area contributed by atoms with Gasteiger partial charge in [-0.05, 0) is 30.2 Å². The largest absolute Gasteiger partial charge is 0.504 e. The molecule has 1 heterocycles. The zero-order valence-corrected chi connectivity index (χ0v) is 15.8. The molecule has 1 N–H and O–H groups in total. The molecule has 0 aromatic heterocycles. The maximum Gasteiger partial charge on any atom is 0.181 e. The minimum atomic E-state index is -1.11. The first-order chi connectivity index (χ1) is 12.2. The number of ketones is 1. The van der Waals surface area contributed by atoms with Crippen LogP contribution >= 0.6 is 0 Å². The summed E-state index contributed by atoms with van der Waals surface area (Å²) in [6, 6.07) is 1.64. The molecule has 3 rings (SSSR count). The summed E-state index contributed by atoms with van der Waals surface area (Å²) in [7, 11) is 0. The Morgan fingerprint density at radius 2 is 1.96 bits per heavy atom. The zero-order valence-electron chi connectivity index (χ0n) is 15.8. The molecule has 0 unspecified atom stereocenters. The average Bonchev–Trinajstić information content (AvgIpc) is 2.57. The Morgan fingerprint density at radius 1 is 1.27 bits per heavy atom. The predicted octanol–water partition coefficient (Wildman–Crippen LogP) is 3.55. The number of rotatable bonds is 3. The molecule has 26 heavy (non-hydrogen) atoms. The number of hydrogen-bond acceptors (Lipinski definition) is 5. The van der Waals surface area contributed by atoms with Crippen LogP contribution in [0.1, 0.15) is 74.4 Å². The summed E-state index contributed by atoms with van der Waals surface area (Å²) in [4.78, 5) is 37.1. The molecule has 1 aromatic rings. The fourth-order valence-corrected chi connectivity index (χ4v) is 4.92. The third-order valence-corrected chi connectivity index (χ3v) is 6.26. The van der Waals surface area contributed by atoms with Crippen LogP contribution in [0.5, 0.6) is 11.5 Å². The molecule has 0 amide bonds. The Bertz CT molecular complexity index is 777. The van der Waals surface area contributed by atoms with Gasteiger partial charge in [-0.3, -0.25) is 9.59 Å². The molecule has 2 aliphatic rings. The minimum absolute atomic E-state index is 0.0131. The third-order valence-electron chi connectivity index (χ3n) is 6.26. The molecular weight excluding hydrogens is 332 g/mol. The topological polar surface area (TPSA) is 80.7 Å². The van der Waals surface area contributed by atoms with Crippen molar-refractivity contribution in [3.8, 4) is 11.5 Å². The van der Waals surface area contributed by atoms with E-state index in [1.807, 2.05) is 27.7 Å². The van der Waals surface area contributed by atoms with Crippen LogP contribution in [0.3, 0.4) is 0 Å². The van der Waals surface area contributed by atoms with Crippen molar-refractivity contribution in [3.05, 3.63) is 22.8 Å². The smallest absolute Gasteiger partial charge is 0.181 e. The predicted molar refractivity (Wildman–Crippen MR) is 96.9 cm³/mol. The fraction of sp³-hybridized carbons (Fsp3) is 0.571. The van der Waals surface area contributed by atoms with Crippen LogP contribution in [-0.4, -0.2) is 30.1 Å². The van der Waals surface area contributed by atoms with E-state index in [2.05, 4.69) is 0 Å². The summed E-state index contributed by atoms with van der Waals surface area (Å²) in [5.74, 6) is -0.597. The van der Waals surface area contributed by atoms with Gasteiger partial charge >= 0.3 is 0 Å². The normalized spacial score (nSPS) is 27.1. The second-order valence-corrected chi connectivity index (χ2v) is 8.52. The number of aromatic hydroxyl groups is 1. The summed E-state index contributed by atoms with van der Waals surface area (Å²) in [6.07, 6.45) is 3.64. The molecule has 0 radical (unpaired) electrons. The van der Waals surface area contributed by atoms with Crippen LogP contribution in [0.4, 0.5) is 0 Å². The molecule has 1 aromatic carbocycles. The first kappa shape index (κ1) is 18.6. The van der Waals surface area contributed by atoms with E-state index in [-0.39, 0.29) is 35.2 Å². The second-order valence-electron chi connectivity index (χ2n) is 8.52. The molecular formula is C21H26O5. The number of phenols is 1. The number of Topliss-reactive ketones (excluding diaryl/α,β-unsaturated/α-hetero) is 1. The van der Waals surface area contributed by atoms with Crippen molar-refractivity contribution in [2.24, 2.45) is 11.3 Å². The Morgan fingerprint density at radius 3 is 2.54 bits per heavy atom. The average molecular weight is 358 g/mol. The molecule has 1 saturated carbocycles. The molecule has 0 saturated heterocycles. The van der Waals surface area contributed by atoms with Crippen LogP contribution in [0, 0.1) is 11.3 Å². The highest BCUT2D eigenvalue weighted by Gasteiger charge is 2.58. The molecule has 140 valence electrons. The fourth-order valence-electron chi connectivity index (χ4n) is 4.92. The summed E-state index contributed by atoms with van der Waals surface area (Å²) in [5.41, 5.74) is -0.153. The van der Waals surface area contributed by atoms with Gasteiger partial charge in [-0.2, -0.15) is 0 Å². The lowest BCUT2D eigenvalue weighted by atomic mass is 9.51. The van der Waals surface area contributed by atoms with Crippen LogP contribution < -0.4 is 4.74 Å². The van der Waals surface area contributed by atoms with Crippen LogP contribution in [0.2, 0.25) is 0 Å². The minimum Gasteiger partial charge on any atom is -0.504 e. The van der Waals surface area contributed by atoms with Crippen LogP contribution in [0.25, 0.3) is 0 Å². The Kier molecular flexibility index (Phi) is 4.45. The van der Waals surface area contributed by atoms with E-state index in [1.54, 1.807) is 6.07 Å². The Balaban J connectivity index is 2.38. The van der Waals surface area contributed by atoms with Crippen molar-refractivity contribution in [1.29, 1.82) is 0 Å². The van der Waals surface area contributed by atoms with Gasteiger partial charge in [-0.15, -0.1) is 0 Å². The van der Waals surface area contributed by atoms with Crippen molar-refractivity contribution in [2.75, 3.05) is 6.61 Å². The lowest BCUT2D eigenvalue weighted by molar-refractivity contribution is -0.140. The van der Waals surface area contributed by atoms with E-state index in [0.29, 0.717) is 29.4 Å². The molecule has 5 nitrogen and oxygen atoms in total. The third kappa shape index (κ3) is 2.40. The number of phenolic OH excluding ortho intramolecular Hbond substituents is 1. The molecule has 1 aliphatic heterocycles. The number of carbonyl (C=O) groups excluding carboxylic acids is 3. The van der Waals surface area contributed by atoms with Crippen molar-refractivity contribution in [1.82, 2.24) is 0 Å². The van der Waals surface area contributed by atoms with Gasteiger partial charge in [0.25, 0.3) is 0 Å². The van der Waals surface area contributed by atoms with Gasteiger partial charge in [0.1, 0.15) is 12.9 Å². The Hall–Kier alpha value is -2.17. The number of benzene rings is 1. The summed E-state index contributed by atoms with van der Waals surface area (Å²) in [5, 5.41) is 10.8. The maximum absolute atomic E-state index is 13.1. The molecule has 1 aliphatic carbocycles.